The number of halogens is 3. The van der Waals surface area contributed by atoms with Gasteiger partial charge in [-0.3, -0.25) is 4.79 Å². The number of benzene rings is 1. The Kier molecular flexibility index (Phi) is 7.18. The fourth-order valence-corrected chi connectivity index (χ4v) is 1.63. The minimum absolute atomic E-state index is 0.0373. The second-order valence-electron chi connectivity index (χ2n) is 4.41. The quantitative estimate of drug-likeness (QED) is 0.720. The first kappa shape index (κ1) is 17.5. The normalized spacial score (nSPS) is 11.4. The van der Waals surface area contributed by atoms with Gasteiger partial charge in [-0.2, -0.15) is 13.2 Å². The van der Waals surface area contributed by atoms with Crippen LogP contribution in [0.5, 0.6) is 0 Å². The highest BCUT2D eigenvalue weighted by Crippen LogP contribution is 2.29. The molecule has 1 aromatic rings. The number of aliphatic hydroxyl groups excluding tert-OH is 1. The van der Waals surface area contributed by atoms with Crippen LogP contribution >= 0.6 is 0 Å². The third-order valence-electron chi connectivity index (χ3n) is 2.67. The number of hydrogen-bond donors (Lipinski definition) is 2. The van der Waals surface area contributed by atoms with Gasteiger partial charge in [0.25, 0.3) is 0 Å². The lowest BCUT2D eigenvalue weighted by Gasteiger charge is -2.08. The molecule has 1 amide bonds. The van der Waals surface area contributed by atoms with Crippen LogP contribution in [-0.2, 0) is 22.1 Å². The van der Waals surface area contributed by atoms with Crippen LogP contribution in [0.15, 0.2) is 24.3 Å². The van der Waals surface area contributed by atoms with Crippen molar-refractivity contribution in [1.29, 1.82) is 0 Å². The zero-order valence-corrected chi connectivity index (χ0v) is 11.4. The smallest absolute Gasteiger partial charge is 0.394 e. The van der Waals surface area contributed by atoms with Crippen molar-refractivity contribution >= 4 is 5.91 Å². The summed E-state index contributed by atoms with van der Waals surface area (Å²) in [5, 5.41) is 11.1. The molecule has 0 fully saturated rings. The monoisotopic (exact) mass is 305 g/mol. The maximum Gasteiger partial charge on any atom is 0.416 e. The Morgan fingerprint density at radius 1 is 1.19 bits per heavy atom. The highest BCUT2D eigenvalue weighted by molar-refractivity contribution is 5.78. The molecule has 0 saturated carbocycles. The average Bonchev–Trinajstić information content (AvgIpc) is 2.42. The Labute approximate surface area is 120 Å². The summed E-state index contributed by atoms with van der Waals surface area (Å²) in [6.45, 7) is 1.08. The summed E-state index contributed by atoms with van der Waals surface area (Å²) in [6, 6.07) is 4.52. The molecule has 7 heteroatoms. The topological polar surface area (TPSA) is 58.6 Å². The zero-order chi connectivity index (χ0) is 15.7. The van der Waals surface area contributed by atoms with E-state index in [4.69, 9.17) is 9.84 Å². The summed E-state index contributed by atoms with van der Waals surface area (Å²) in [5.41, 5.74) is -0.204. The molecule has 0 atom stereocenters. The van der Waals surface area contributed by atoms with E-state index in [-0.39, 0.29) is 25.5 Å². The Bertz CT molecular complexity index is 432. The SMILES string of the molecule is O=C(Cc1ccc(C(F)(F)F)cc1)NCCCOCCO. The molecule has 0 aliphatic heterocycles. The first-order valence-corrected chi connectivity index (χ1v) is 6.55. The van der Waals surface area contributed by atoms with Gasteiger partial charge in [-0.1, -0.05) is 12.1 Å². The van der Waals surface area contributed by atoms with Gasteiger partial charge in [0.15, 0.2) is 0 Å². The van der Waals surface area contributed by atoms with Crippen LogP contribution in [0.4, 0.5) is 13.2 Å². The fraction of sp³-hybridized carbons (Fsp3) is 0.500. The Balaban J connectivity index is 2.28. The molecule has 4 nitrogen and oxygen atoms in total. The van der Waals surface area contributed by atoms with Crippen molar-refractivity contribution < 1.29 is 27.8 Å². The van der Waals surface area contributed by atoms with Crippen LogP contribution in [0.1, 0.15) is 17.5 Å². The minimum atomic E-state index is -4.37. The average molecular weight is 305 g/mol. The predicted molar refractivity (Wildman–Crippen MR) is 70.7 cm³/mol. The predicted octanol–water partition coefficient (Wildman–Crippen LogP) is 1.76. The van der Waals surface area contributed by atoms with Crippen LogP contribution in [0, 0.1) is 0 Å². The summed E-state index contributed by atoms with van der Waals surface area (Å²) in [4.78, 5) is 11.6. The van der Waals surface area contributed by atoms with Crippen LogP contribution in [0.3, 0.4) is 0 Å². The molecule has 0 heterocycles. The van der Waals surface area contributed by atoms with Gasteiger partial charge in [0.1, 0.15) is 0 Å². The Morgan fingerprint density at radius 3 is 2.43 bits per heavy atom. The lowest BCUT2D eigenvalue weighted by Crippen LogP contribution is -2.27. The van der Waals surface area contributed by atoms with Crippen LogP contribution in [-0.4, -0.2) is 37.4 Å². The second kappa shape index (κ2) is 8.63. The van der Waals surface area contributed by atoms with Crippen LogP contribution < -0.4 is 5.32 Å². The van der Waals surface area contributed by atoms with Gasteiger partial charge in [-0.15, -0.1) is 0 Å². The van der Waals surface area contributed by atoms with E-state index in [1.54, 1.807) is 0 Å². The maximum absolute atomic E-state index is 12.4. The van der Waals surface area contributed by atoms with Gasteiger partial charge in [-0.05, 0) is 24.1 Å². The zero-order valence-electron chi connectivity index (χ0n) is 11.4. The number of ether oxygens (including phenoxy) is 1. The molecular formula is C14H18F3NO3. The molecular weight excluding hydrogens is 287 g/mol. The molecule has 0 aromatic heterocycles. The number of alkyl halides is 3. The summed E-state index contributed by atoms with van der Waals surface area (Å²) in [5.74, 6) is -0.253. The number of carbonyl (C=O) groups is 1. The molecule has 0 unspecified atom stereocenters. The highest BCUT2D eigenvalue weighted by Gasteiger charge is 2.29. The van der Waals surface area contributed by atoms with Crippen LogP contribution in [0.2, 0.25) is 0 Å². The first-order valence-electron chi connectivity index (χ1n) is 6.55. The molecule has 0 saturated heterocycles. The van der Waals surface area contributed by atoms with Crippen molar-refractivity contribution in [3.05, 3.63) is 35.4 Å². The van der Waals surface area contributed by atoms with Crippen LogP contribution in [0.25, 0.3) is 0 Å². The first-order chi connectivity index (χ1) is 9.93. The molecule has 1 rings (SSSR count). The van der Waals surface area contributed by atoms with Crippen molar-refractivity contribution in [2.45, 2.75) is 19.0 Å². The molecule has 0 bridgehead atoms. The minimum Gasteiger partial charge on any atom is -0.394 e. The molecule has 0 radical (unpaired) electrons. The van der Waals surface area contributed by atoms with E-state index in [1.165, 1.54) is 12.1 Å². The Hall–Kier alpha value is -1.60. The number of carbonyl (C=O) groups excluding carboxylic acids is 1. The molecule has 0 aliphatic carbocycles. The van der Waals surface area contributed by atoms with Crippen molar-refractivity contribution in [2.75, 3.05) is 26.4 Å². The molecule has 0 aliphatic rings. The van der Waals surface area contributed by atoms with E-state index >= 15 is 0 Å². The third kappa shape index (κ3) is 7.10. The number of hydrogen-bond acceptors (Lipinski definition) is 3. The van der Waals surface area contributed by atoms with E-state index in [0.717, 1.165) is 12.1 Å². The van der Waals surface area contributed by atoms with E-state index in [2.05, 4.69) is 5.32 Å². The lowest BCUT2D eigenvalue weighted by atomic mass is 10.1. The standard InChI is InChI=1S/C14H18F3NO3/c15-14(16,17)12-4-2-11(3-5-12)10-13(20)18-6-1-8-21-9-7-19/h2-5,19H,1,6-10H2,(H,18,20). The van der Waals surface area contributed by atoms with Crippen molar-refractivity contribution in [2.24, 2.45) is 0 Å². The number of nitrogens with one attached hydrogen (secondary N) is 1. The number of amides is 1. The van der Waals surface area contributed by atoms with E-state index < -0.39 is 11.7 Å². The molecule has 2 N–H and O–H groups in total. The van der Waals surface area contributed by atoms with E-state index in [9.17, 15) is 18.0 Å². The van der Waals surface area contributed by atoms with Gasteiger partial charge in [0, 0.05) is 13.2 Å². The Morgan fingerprint density at radius 2 is 1.86 bits per heavy atom. The molecule has 118 valence electrons. The number of rotatable bonds is 8. The largest absolute Gasteiger partial charge is 0.416 e. The van der Waals surface area contributed by atoms with Crippen molar-refractivity contribution in [3.8, 4) is 0 Å². The van der Waals surface area contributed by atoms with Gasteiger partial charge in [0.2, 0.25) is 5.91 Å². The molecule has 21 heavy (non-hydrogen) atoms. The molecule has 0 spiro atoms. The summed E-state index contributed by atoms with van der Waals surface area (Å²) < 4.78 is 42.1. The summed E-state index contributed by atoms with van der Waals surface area (Å²) >= 11 is 0. The van der Waals surface area contributed by atoms with E-state index in [0.29, 0.717) is 25.1 Å². The fourth-order valence-electron chi connectivity index (χ4n) is 1.63. The van der Waals surface area contributed by atoms with Gasteiger partial charge < -0.3 is 15.2 Å². The number of aliphatic hydroxyl groups is 1. The second-order valence-corrected chi connectivity index (χ2v) is 4.41. The van der Waals surface area contributed by atoms with Gasteiger partial charge in [0.05, 0.1) is 25.2 Å². The summed E-state index contributed by atoms with van der Waals surface area (Å²) in [6.07, 6.45) is -3.72. The third-order valence-corrected chi connectivity index (χ3v) is 2.67. The van der Waals surface area contributed by atoms with E-state index in [1.807, 2.05) is 0 Å². The van der Waals surface area contributed by atoms with Crippen molar-refractivity contribution in [3.63, 3.8) is 0 Å². The van der Waals surface area contributed by atoms with Crippen molar-refractivity contribution in [1.82, 2.24) is 5.32 Å². The maximum atomic E-state index is 12.4. The lowest BCUT2D eigenvalue weighted by molar-refractivity contribution is -0.137. The van der Waals surface area contributed by atoms with Gasteiger partial charge in [-0.25, -0.2) is 0 Å². The molecule has 1 aromatic carbocycles. The highest BCUT2D eigenvalue weighted by atomic mass is 19.4. The van der Waals surface area contributed by atoms with Gasteiger partial charge >= 0.3 is 6.18 Å². The summed E-state index contributed by atoms with van der Waals surface area (Å²) in [7, 11) is 0.